The van der Waals surface area contributed by atoms with Gasteiger partial charge in [-0.3, -0.25) is 13.9 Å². The number of carbonyl (C=O) groups excluding carboxylic acids is 2. The highest BCUT2D eigenvalue weighted by Crippen LogP contribution is 2.27. The average Bonchev–Trinajstić information content (AvgIpc) is 3.01. The number of rotatable bonds is 13. The molecule has 0 spiro atoms. The van der Waals surface area contributed by atoms with Gasteiger partial charge < -0.3 is 10.2 Å². The van der Waals surface area contributed by atoms with Crippen LogP contribution in [0, 0.1) is 20.8 Å². The number of hydrogen-bond donors (Lipinski definition) is 1. The third-order valence-corrected chi connectivity index (χ3v) is 9.51. The van der Waals surface area contributed by atoms with Crippen molar-refractivity contribution in [1.29, 1.82) is 0 Å². The Balaban J connectivity index is 1.81. The van der Waals surface area contributed by atoms with Crippen LogP contribution in [0.1, 0.15) is 41.2 Å². The summed E-state index contributed by atoms with van der Waals surface area (Å²) in [6.07, 6.45) is 0.980. The molecule has 0 aliphatic heterocycles. The number of halogens is 1. The molecule has 0 aromatic heterocycles. The Hall–Kier alpha value is -4.14. The Morgan fingerprint density at radius 1 is 0.800 bits per heavy atom. The van der Waals surface area contributed by atoms with Crippen LogP contribution in [0.15, 0.2) is 102 Å². The smallest absolute Gasteiger partial charge is 0.264 e. The molecule has 9 heteroatoms. The Morgan fingerprint density at radius 2 is 1.42 bits per heavy atom. The van der Waals surface area contributed by atoms with Gasteiger partial charge in [-0.1, -0.05) is 84.8 Å². The molecule has 1 atom stereocenters. The zero-order valence-corrected chi connectivity index (χ0v) is 27.7. The number of anilines is 1. The molecule has 0 radical (unpaired) electrons. The quantitative estimate of drug-likeness (QED) is 0.177. The predicted octanol–water partition coefficient (Wildman–Crippen LogP) is 6.63. The molecule has 0 aliphatic carbocycles. The third kappa shape index (κ3) is 8.96. The van der Waals surface area contributed by atoms with Crippen LogP contribution >= 0.6 is 11.6 Å². The van der Waals surface area contributed by atoms with Crippen LogP contribution in [0.25, 0.3) is 0 Å². The van der Waals surface area contributed by atoms with Crippen molar-refractivity contribution in [1.82, 2.24) is 10.2 Å². The van der Waals surface area contributed by atoms with E-state index >= 15 is 0 Å². The molecule has 236 valence electrons. The Labute approximate surface area is 271 Å². The first-order valence-corrected chi connectivity index (χ1v) is 16.8. The van der Waals surface area contributed by atoms with E-state index in [1.807, 2.05) is 64.1 Å². The van der Waals surface area contributed by atoms with Crippen molar-refractivity contribution in [3.05, 3.63) is 130 Å². The molecule has 4 aromatic rings. The van der Waals surface area contributed by atoms with Gasteiger partial charge in [-0.05, 0) is 85.8 Å². The number of nitrogens with zero attached hydrogens (tertiary/aromatic N) is 2. The van der Waals surface area contributed by atoms with Crippen LogP contribution in [0.4, 0.5) is 5.69 Å². The molecule has 7 nitrogen and oxygen atoms in total. The van der Waals surface area contributed by atoms with Crippen LogP contribution < -0.4 is 9.62 Å². The lowest BCUT2D eigenvalue weighted by molar-refractivity contribution is -0.140. The standard InChI is InChI=1S/C36H40ClN3O4S/c1-5-19-38-36(42)34(23-29-9-7-6-8-10-29)39(24-30-13-15-31(37)16-14-30)35(41)25-40(32-21-27(3)20-28(4)22-32)45(43,44)33-17-11-26(2)12-18-33/h6-18,20-22,34H,5,19,23-25H2,1-4H3,(H,38,42). The molecule has 0 saturated heterocycles. The van der Waals surface area contributed by atoms with Gasteiger partial charge in [0.05, 0.1) is 10.6 Å². The lowest BCUT2D eigenvalue weighted by Gasteiger charge is -2.34. The summed E-state index contributed by atoms with van der Waals surface area (Å²) in [6.45, 7) is 7.64. The monoisotopic (exact) mass is 645 g/mol. The largest absolute Gasteiger partial charge is 0.354 e. The van der Waals surface area contributed by atoms with E-state index in [9.17, 15) is 18.0 Å². The number of aryl methyl sites for hydroxylation is 3. The molecule has 1 N–H and O–H groups in total. The third-order valence-electron chi connectivity index (χ3n) is 7.47. The van der Waals surface area contributed by atoms with Crippen LogP contribution in [0.2, 0.25) is 5.02 Å². The highest BCUT2D eigenvalue weighted by atomic mass is 35.5. The first kappa shape index (κ1) is 33.7. The highest BCUT2D eigenvalue weighted by Gasteiger charge is 2.34. The minimum Gasteiger partial charge on any atom is -0.354 e. The van der Waals surface area contributed by atoms with E-state index in [-0.39, 0.29) is 23.8 Å². The maximum atomic E-state index is 14.5. The maximum Gasteiger partial charge on any atom is 0.264 e. The second-order valence-electron chi connectivity index (χ2n) is 11.3. The van der Waals surface area contributed by atoms with E-state index in [2.05, 4.69) is 5.32 Å². The van der Waals surface area contributed by atoms with E-state index < -0.39 is 28.5 Å². The Morgan fingerprint density at radius 3 is 2.02 bits per heavy atom. The van der Waals surface area contributed by atoms with Crippen molar-refractivity contribution >= 4 is 39.1 Å². The summed E-state index contributed by atoms with van der Waals surface area (Å²) >= 11 is 6.15. The van der Waals surface area contributed by atoms with Crippen LogP contribution in [-0.2, 0) is 32.6 Å². The normalized spacial score (nSPS) is 11.9. The molecule has 0 aliphatic rings. The maximum absolute atomic E-state index is 14.5. The predicted molar refractivity (Wildman–Crippen MR) is 181 cm³/mol. The molecule has 0 fully saturated rings. The number of amides is 2. The van der Waals surface area contributed by atoms with Gasteiger partial charge in [-0.15, -0.1) is 0 Å². The van der Waals surface area contributed by atoms with Gasteiger partial charge in [0.25, 0.3) is 10.0 Å². The highest BCUT2D eigenvalue weighted by molar-refractivity contribution is 7.92. The molecule has 4 rings (SSSR count). The van der Waals surface area contributed by atoms with Gasteiger partial charge in [-0.2, -0.15) is 0 Å². The van der Waals surface area contributed by atoms with E-state index in [0.717, 1.165) is 38.5 Å². The van der Waals surface area contributed by atoms with Crippen molar-refractivity contribution < 1.29 is 18.0 Å². The van der Waals surface area contributed by atoms with Crippen molar-refractivity contribution in [2.75, 3.05) is 17.4 Å². The van der Waals surface area contributed by atoms with Gasteiger partial charge in [0.15, 0.2) is 0 Å². The minimum absolute atomic E-state index is 0.0748. The van der Waals surface area contributed by atoms with Crippen molar-refractivity contribution in [3.63, 3.8) is 0 Å². The van der Waals surface area contributed by atoms with Crippen molar-refractivity contribution in [2.45, 2.75) is 58.0 Å². The molecule has 1 unspecified atom stereocenters. The van der Waals surface area contributed by atoms with Gasteiger partial charge in [-0.25, -0.2) is 8.42 Å². The van der Waals surface area contributed by atoms with Crippen molar-refractivity contribution in [3.8, 4) is 0 Å². The van der Waals surface area contributed by atoms with E-state index in [4.69, 9.17) is 11.6 Å². The summed E-state index contributed by atoms with van der Waals surface area (Å²) in [6, 6.07) is 27.7. The topological polar surface area (TPSA) is 86.8 Å². The molecule has 0 heterocycles. The molecular formula is C36H40ClN3O4S. The summed E-state index contributed by atoms with van der Waals surface area (Å²) in [5.74, 6) is -0.810. The zero-order chi connectivity index (χ0) is 32.6. The Kier molecular flexibility index (Phi) is 11.4. The summed E-state index contributed by atoms with van der Waals surface area (Å²) in [5.41, 5.74) is 4.65. The first-order valence-electron chi connectivity index (χ1n) is 15.0. The second kappa shape index (κ2) is 15.2. The van der Waals surface area contributed by atoms with Crippen LogP contribution in [0.5, 0.6) is 0 Å². The first-order chi connectivity index (χ1) is 21.5. The molecule has 4 aromatic carbocycles. The lowest BCUT2D eigenvalue weighted by Crippen LogP contribution is -2.53. The molecule has 0 bridgehead atoms. The van der Waals surface area contributed by atoms with Gasteiger partial charge in [0.1, 0.15) is 12.6 Å². The summed E-state index contributed by atoms with van der Waals surface area (Å²) in [5, 5.41) is 3.50. The summed E-state index contributed by atoms with van der Waals surface area (Å²) < 4.78 is 29.6. The molecule has 0 saturated carbocycles. The minimum atomic E-state index is -4.16. The van der Waals surface area contributed by atoms with Gasteiger partial charge >= 0.3 is 0 Å². The van der Waals surface area contributed by atoms with E-state index in [1.54, 1.807) is 60.7 Å². The summed E-state index contributed by atoms with van der Waals surface area (Å²) in [7, 11) is -4.16. The molecule has 2 amide bonds. The fraction of sp³-hybridized carbons (Fsp3) is 0.278. The average molecular weight is 646 g/mol. The number of hydrogen-bond acceptors (Lipinski definition) is 4. The molecular weight excluding hydrogens is 606 g/mol. The van der Waals surface area contributed by atoms with Crippen LogP contribution in [-0.4, -0.2) is 44.3 Å². The van der Waals surface area contributed by atoms with Crippen molar-refractivity contribution in [2.24, 2.45) is 0 Å². The van der Waals surface area contributed by atoms with Gasteiger partial charge in [0, 0.05) is 24.5 Å². The number of benzene rings is 4. The van der Waals surface area contributed by atoms with E-state index in [1.165, 1.54) is 4.90 Å². The number of nitrogens with one attached hydrogen (secondary N) is 1. The molecule has 45 heavy (non-hydrogen) atoms. The lowest BCUT2D eigenvalue weighted by atomic mass is 10.0. The zero-order valence-electron chi connectivity index (χ0n) is 26.2. The summed E-state index contributed by atoms with van der Waals surface area (Å²) in [4.78, 5) is 29.8. The van der Waals surface area contributed by atoms with E-state index in [0.29, 0.717) is 17.3 Å². The number of carbonyl (C=O) groups is 2. The second-order valence-corrected chi connectivity index (χ2v) is 13.6. The Bertz CT molecular complexity index is 1690. The fourth-order valence-corrected chi connectivity index (χ4v) is 6.69. The fourth-order valence-electron chi connectivity index (χ4n) is 5.17. The van der Waals surface area contributed by atoms with Gasteiger partial charge in [0.2, 0.25) is 11.8 Å². The number of sulfonamides is 1. The van der Waals surface area contributed by atoms with Crippen LogP contribution in [0.3, 0.4) is 0 Å². The SMILES string of the molecule is CCCNC(=O)C(Cc1ccccc1)N(Cc1ccc(Cl)cc1)C(=O)CN(c1cc(C)cc(C)c1)S(=O)(=O)c1ccc(C)cc1.